The molecule has 0 radical (unpaired) electrons. The van der Waals surface area contributed by atoms with Crippen molar-refractivity contribution >= 4 is 11.7 Å². The molecule has 0 aliphatic rings. The Morgan fingerprint density at radius 3 is 2.57 bits per heavy atom. The number of methoxy groups -OCH3 is 1. The third-order valence-corrected chi connectivity index (χ3v) is 2.89. The lowest BCUT2D eigenvalue weighted by molar-refractivity contribution is -0.138. The number of aliphatic carboxylic acids is 1. The molecule has 0 heterocycles. The molecule has 6 heteroatoms. The summed E-state index contributed by atoms with van der Waals surface area (Å²) in [5, 5.41) is 11.9. The molecule has 0 spiro atoms. The maximum absolute atomic E-state index is 13.7. The van der Waals surface area contributed by atoms with E-state index in [0.717, 1.165) is 12.1 Å². The Morgan fingerprint density at radius 2 is 2.00 bits per heavy atom. The highest BCUT2D eigenvalue weighted by atomic mass is 19.1. The molecule has 1 unspecified atom stereocenters. The Kier molecular flexibility index (Phi) is 4.37. The molecule has 2 rings (SSSR count). The molecule has 0 fully saturated rings. The van der Waals surface area contributed by atoms with Gasteiger partial charge >= 0.3 is 5.97 Å². The largest absolute Gasteiger partial charge is 0.494 e. The molecule has 1 atom stereocenters. The first-order chi connectivity index (χ1) is 10.0. The number of carboxylic acids is 1. The highest BCUT2D eigenvalue weighted by Crippen LogP contribution is 2.25. The first-order valence-electron chi connectivity index (χ1n) is 6.09. The van der Waals surface area contributed by atoms with E-state index in [4.69, 9.17) is 4.74 Å². The third kappa shape index (κ3) is 3.47. The van der Waals surface area contributed by atoms with Gasteiger partial charge in [-0.15, -0.1) is 0 Å². The maximum Gasteiger partial charge on any atom is 0.330 e. The van der Waals surface area contributed by atoms with Crippen LogP contribution in [-0.2, 0) is 4.79 Å². The molecule has 0 bridgehead atoms. The Bertz CT molecular complexity index is 661. The molecule has 0 saturated carbocycles. The van der Waals surface area contributed by atoms with Gasteiger partial charge in [-0.2, -0.15) is 0 Å². The molecular weight excluding hydrogens is 280 g/mol. The van der Waals surface area contributed by atoms with E-state index in [1.165, 1.54) is 37.4 Å². The molecular formula is C15H13F2NO3. The Morgan fingerprint density at radius 1 is 1.24 bits per heavy atom. The van der Waals surface area contributed by atoms with Crippen LogP contribution < -0.4 is 10.1 Å². The Labute approximate surface area is 120 Å². The van der Waals surface area contributed by atoms with Gasteiger partial charge in [-0.25, -0.2) is 13.6 Å². The second kappa shape index (κ2) is 6.21. The maximum atomic E-state index is 13.7. The fourth-order valence-electron chi connectivity index (χ4n) is 1.89. The highest BCUT2D eigenvalue weighted by molar-refractivity contribution is 5.79. The normalized spacial score (nSPS) is 11.8. The quantitative estimate of drug-likeness (QED) is 0.888. The van der Waals surface area contributed by atoms with E-state index in [2.05, 4.69) is 5.32 Å². The zero-order valence-corrected chi connectivity index (χ0v) is 11.1. The van der Waals surface area contributed by atoms with Gasteiger partial charge in [0.05, 0.1) is 7.11 Å². The van der Waals surface area contributed by atoms with Crippen LogP contribution in [0, 0.1) is 11.6 Å². The molecule has 4 nitrogen and oxygen atoms in total. The van der Waals surface area contributed by atoms with Crippen molar-refractivity contribution in [2.24, 2.45) is 0 Å². The van der Waals surface area contributed by atoms with Gasteiger partial charge in [-0.3, -0.25) is 0 Å². The van der Waals surface area contributed by atoms with Gasteiger partial charge in [-0.1, -0.05) is 12.1 Å². The van der Waals surface area contributed by atoms with Gasteiger partial charge in [0.15, 0.2) is 17.6 Å². The predicted molar refractivity (Wildman–Crippen MR) is 73.4 cm³/mol. The van der Waals surface area contributed by atoms with E-state index in [1.54, 1.807) is 0 Å². The second-order valence-corrected chi connectivity index (χ2v) is 4.32. The average Bonchev–Trinajstić information content (AvgIpc) is 2.44. The topological polar surface area (TPSA) is 58.6 Å². The van der Waals surface area contributed by atoms with Crippen molar-refractivity contribution in [1.29, 1.82) is 0 Å². The van der Waals surface area contributed by atoms with Crippen LogP contribution in [0.25, 0.3) is 0 Å². The van der Waals surface area contributed by atoms with Crippen LogP contribution in [0.15, 0.2) is 42.5 Å². The molecule has 2 aromatic carbocycles. The Hall–Kier alpha value is -2.63. The summed E-state index contributed by atoms with van der Waals surface area (Å²) in [6.45, 7) is 0. The van der Waals surface area contributed by atoms with Gasteiger partial charge in [0.1, 0.15) is 5.82 Å². The number of rotatable bonds is 5. The van der Waals surface area contributed by atoms with Crippen molar-refractivity contribution in [2.75, 3.05) is 12.4 Å². The van der Waals surface area contributed by atoms with Crippen LogP contribution in [0.2, 0.25) is 0 Å². The van der Waals surface area contributed by atoms with Crippen LogP contribution >= 0.6 is 0 Å². The van der Waals surface area contributed by atoms with Crippen LogP contribution in [0.3, 0.4) is 0 Å². The smallest absolute Gasteiger partial charge is 0.330 e. The van der Waals surface area contributed by atoms with E-state index < -0.39 is 23.6 Å². The van der Waals surface area contributed by atoms with Crippen molar-refractivity contribution in [2.45, 2.75) is 6.04 Å². The first-order valence-corrected chi connectivity index (χ1v) is 6.09. The summed E-state index contributed by atoms with van der Waals surface area (Å²) in [6, 6.07) is 8.03. The van der Waals surface area contributed by atoms with E-state index in [0.29, 0.717) is 5.69 Å². The lowest BCUT2D eigenvalue weighted by Gasteiger charge is -2.17. The number of carbonyl (C=O) groups is 1. The van der Waals surface area contributed by atoms with Crippen molar-refractivity contribution in [3.63, 3.8) is 0 Å². The van der Waals surface area contributed by atoms with Crippen LogP contribution in [0.4, 0.5) is 14.5 Å². The first kappa shape index (κ1) is 14.8. The van der Waals surface area contributed by atoms with E-state index in [9.17, 15) is 18.7 Å². The van der Waals surface area contributed by atoms with Crippen molar-refractivity contribution in [3.05, 3.63) is 59.7 Å². The second-order valence-electron chi connectivity index (χ2n) is 4.32. The minimum absolute atomic E-state index is 0.0219. The van der Waals surface area contributed by atoms with Crippen LogP contribution in [-0.4, -0.2) is 18.2 Å². The van der Waals surface area contributed by atoms with E-state index in [-0.39, 0.29) is 11.3 Å². The fourth-order valence-corrected chi connectivity index (χ4v) is 1.89. The molecule has 2 N–H and O–H groups in total. The SMILES string of the molecule is COc1ccc(C(Nc2cccc(F)c2)C(=O)O)cc1F. The zero-order valence-electron chi connectivity index (χ0n) is 11.1. The lowest BCUT2D eigenvalue weighted by atomic mass is 10.1. The summed E-state index contributed by atoms with van der Waals surface area (Å²) in [6.07, 6.45) is 0. The van der Waals surface area contributed by atoms with Crippen molar-refractivity contribution < 1.29 is 23.4 Å². The minimum atomic E-state index is -1.20. The van der Waals surface area contributed by atoms with Gasteiger partial charge in [0, 0.05) is 5.69 Å². The summed E-state index contributed by atoms with van der Waals surface area (Å²) in [7, 11) is 1.32. The van der Waals surface area contributed by atoms with Crippen LogP contribution in [0.1, 0.15) is 11.6 Å². The van der Waals surface area contributed by atoms with E-state index >= 15 is 0 Å². The number of benzene rings is 2. The number of hydrogen-bond acceptors (Lipinski definition) is 3. The molecule has 0 aliphatic heterocycles. The molecule has 0 amide bonds. The van der Waals surface area contributed by atoms with Crippen molar-refractivity contribution in [1.82, 2.24) is 0 Å². The third-order valence-electron chi connectivity index (χ3n) is 2.89. The van der Waals surface area contributed by atoms with Gasteiger partial charge in [-0.05, 0) is 35.9 Å². The number of carboxylic acid groups (broad SMARTS) is 1. The van der Waals surface area contributed by atoms with Crippen LogP contribution in [0.5, 0.6) is 5.75 Å². The molecule has 2 aromatic rings. The summed E-state index contributed by atoms with van der Waals surface area (Å²) < 4.78 is 31.6. The van der Waals surface area contributed by atoms with Gasteiger partial charge < -0.3 is 15.2 Å². The number of anilines is 1. The molecule has 0 aliphatic carbocycles. The van der Waals surface area contributed by atoms with Crippen molar-refractivity contribution in [3.8, 4) is 5.75 Å². The average molecular weight is 293 g/mol. The van der Waals surface area contributed by atoms with Gasteiger partial charge in [0.25, 0.3) is 0 Å². The number of nitrogens with one attached hydrogen (secondary N) is 1. The monoisotopic (exact) mass is 293 g/mol. The molecule has 0 aromatic heterocycles. The summed E-state index contributed by atoms with van der Waals surface area (Å²) in [4.78, 5) is 11.3. The number of hydrogen-bond donors (Lipinski definition) is 2. The zero-order chi connectivity index (χ0) is 15.4. The fraction of sp³-hybridized carbons (Fsp3) is 0.133. The summed E-state index contributed by atoms with van der Waals surface area (Å²) in [5.41, 5.74) is 0.490. The minimum Gasteiger partial charge on any atom is -0.494 e. The number of halogens is 2. The molecule has 21 heavy (non-hydrogen) atoms. The van der Waals surface area contributed by atoms with Gasteiger partial charge in [0.2, 0.25) is 0 Å². The lowest BCUT2D eigenvalue weighted by Crippen LogP contribution is -2.20. The standard InChI is InChI=1S/C15H13F2NO3/c1-21-13-6-5-9(7-12(13)17)14(15(19)20)18-11-4-2-3-10(16)8-11/h2-8,14,18H,1H3,(H,19,20). The Balaban J connectivity index is 2.31. The predicted octanol–water partition coefficient (Wildman–Crippen LogP) is 3.21. The summed E-state index contributed by atoms with van der Waals surface area (Å²) >= 11 is 0. The number of ether oxygens (including phenoxy) is 1. The summed E-state index contributed by atoms with van der Waals surface area (Å²) in [5.74, 6) is -2.34. The molecule has 0 saturated heterocycles. The van der Waals surface area contributed by atoms with E-state index in [1.807, 2.05) is 0 Å². The highest BCUT2D eigenvalue weighted by Gasteiger charge is 2.21. The molecule has 110 valence electrons.